The summed E-state index contributed by atoms with van der Waals surface area (Å²) >= 11 is 0. The molecule has 0 spiro atoms. The molecule has 0 aromatic heterocycles. The van der Waals surface area contributed by atoms with Crippen molar-refractivity contribution in [2.75, 3.05) is 0 Å². The summed E-state index contributed by atoms with van der Waals surface area (Å²) in [5.41, 5.74) is 1.55. The summed E-state index contributed by atoms with van der Waals surface area (Å²) in [7, 11) is 0. The lowest BCUT2D eigenvalue weighted by molar-refractivity contribution is -0.114. The van der Waals surface area contributed by atoms with E-state index in [-0.39, 0.29) is 30.1 Å². The highest BCUT2D eigenvalue weighted by Crippen LogP contribution is 2.26. The van der Waals surface area contributed by atoms with E-state index in [1.54, 1.807) is 18.2 Å². The maximum atomic E-state index is 12.9. The van der Waals surface area contributed by atoms with E-state index in [2.05, 4.69) is 17.2 Å². The Bertz CT molecular complexity index is 1110. The molecule has 3 N–H and O–H groups in total. The Balaban J connectivity index is 1.68. The highest BCUT2D eigenvalue weighted by atomic mass is 16.5. The number of phenols is 1. The van der Waals surface area contributed by atoms with Gasteiger partial charge in [-0.25, -0.2) is 4.79 Å². The number of ether oxygens (including phenoxy) is 1. The zero-order valence-electron chi connectivity index (χ0n) is 19.1. The summed E-state index contributed by atoms with van der Waals surface area (Å²) in [5, 5.41) is 23.4. The molecular formula is C28H29NO5. The number of esters is 1. The van der Waals surface area contributed by atoms with Gasteiger partial charge in [0, 0.05) is 30.5 Å². The minimum atomic E-state index is -0.676. The molecule has 0 saturated heterocycles. The van der Waals surface area contributed by atoms with Gasteiger partial charge in [-0.15, -0.1) is 0 Å². The zero-order valence-corrected chi connectivity index (χ0v) is 19.1. The molecule has 3 rings (SSSR count). The molecule has 1 aliphatic heterocycles. The van der Waals surface area contributed by atoms with Gasteiger partial charge in [-0.1, -0.05) is 61.4 Å². The number of hydrogen-bond donors (Lipinski definition) is 3. The van der Waals surface area contributed by atoms with Gasteiger partial charge in [0.05, 0.1) is 6.10 Å². The van der Waals surface area contributed by atoms with Crippen molar-refractivity contribution in [1.29, 1.82) is 0 Å². The number of cyclic esters (lactones) is 1. The molecule has 6 heteroatoms. The van der Waals surface area contributed by atoms with Crippen molar-refractivity contribution in [3.63, 3.8) is 0 Å². The number of aliphatic hydroxyl groups is 1. The molecule has 0 aliphatic carbocycles. The van der Waals surface area contributed by atoms with Crippen molar-refractivity contribution in [1.82, 2.24) is 5.32 Å². The summed E-state index contributed by atoms with van der Waals surface area (Å²) in [6.07, 6.45) is 7.39. The summed E-state index contributed by atoms with van der Waals surface area (Å²) in [4.78, 5) is 24.9. The van der Waals surface area contributed by atoms with Crippen molar-refractivity contribution in [3.8, 4) is 17.6 Å². The normalized spacial score (nSPS) is 20.8. The van der Waals surface area contributed by atoms with Crippen molar-refractivity contribution in [2.24, 2.45) is 5.92 Å². The average molecular weight is 460 g/mol. The Morgan fingerprint density at radius 3 is 2.76 bits per heavy atom. The lowest BCUT2D eigenvalue weighted by Crippen LogP contribution is -2.28. The Labute approximate surface area is 200 Å². The van der Waals surface area contributed by atoms with Gasteiger partial charge in [-0.3, -0.25) is 4.79 Å². The molecule has 2 aromatic rings. The van der Waals surface area contributed by atoms with Crippen LogP contribution in [0.1, 0.15) is 47.7 Å². The largest absolute Gasteiger partial charge is 0.507 e. The van der Waals surface area contributed by atoms with Crippen LogP contribution < -0.4 is 5.32 Å². The number of hydrogen-bond acceptors (Lipinski definition) is 5. The first-order valence-corrected chi connectivity index (χ1v) is 11.3. The molecule has 176 valence electrons. The summed E-state index contributed by atoms with van der Waals surface area (Å²) in [6.45, 7) is 1.95. The molecule has 1 heterocycles. The predicted octanol–water partition coefficient (Wildman–Crippen LogP) is 3.88. The average Bonchev–Trinajstić information content (AvgIpc) is 2.82. The number of nitrogens with one attached hydrogen (secondary N) is 1. The molecule has 0 saturated carbocycles. The number of benzene rings is 2. The molecule has 3 atom stereocenters. The molecule has 0 bridgehead atoms. The second-order valence-electron chi connectivity index (χ2n) is 8.26. The molecule has 2 aromatic carbocycles. The van der Waals surface area contributed by atoms with Crippen LogP contribution in [-0.4, -0.2) is 34.3 Å². The van der Waals surface area contributed by atoms with E-state index in [0.29, 0.717) is 18.4 Å². The molecule has 6 nitrogen and oxygen atoms in total. The minimum absolute atomic E-state index is 0.0162. The van der Waals surface area contributed by atoms with Gasteiger partial charge in [0.25, 0.3) is 5.91 Å². The summed E-state index contributed by atoms with van der Waals surface area (Å²) in [6, 6.07) is 14.1. The number of fused-ring (bicyclic) bond motifs is 1. The van der Waals surface area contributed by atoms with Crippen LogP contribution in [0.5, 0.6) is 5.75 Å². The number of amides is 1. The molecule has 0 radical (unpaired) electrons. The smallest absolute Gasteiger partial charge is 0.342 e. The number of phenolic OH excluding ortho intramolecular Hbond substituents is 1. The van der Waals surface area contributed by atoms with E-state index in [1.165, 1.54) is 12.3 Å². The number of allylic oxidation sites excluding steroid dienone is 2. The Hall–Kier alpha value is -3.82. The zero-order chi connectivity index (χ0) is 24.3. The SMILES string of the molecule is C[C@H]1CC=CCc2cccc(O)c2C(=O)O[C@@H](CC=CNC(=O)C#Cc2ccccc2)C[C@H]1O. The lowest BCUT2D eigenvalue weighted by Gasteiger charge is -2.24. The monoisotopic (exact) mass is 459 g/mol. The third-order valence-corrected chi connectivity index (χ3v) is 5.61. The van der Waals surface area contributed by atoms with Crippen LogP contribution in [-0.2, 0) is 16.0 Å². The molecular weight excluding hydrogens is 430 g/mol. The van der Waals surface area contributed by atoms with E-state index in [9.17, 15) is 19.8 Å². The van der Waals surface area contributed by atoms with Gasteiger partial charge in [0.1, 0.15) is 17.4 Å². The first kappa shape index (κ1) is 24.8. The van der Waals surface area contributed by atoms with E-state index < -0.39 is 24.1 Å². The fourth-order valence-corrected chi connectivity index (χ4v) is 3.62. The highest BCUT2D eigenvalue weighted by molar-refractivity contribution is 5.95. The van der Waals surface area contributed by atoms with Crippen LogP contribution in [0.4, 0.5) is 0 Å². The third-order valence-electron chi connectivity index (χ3n) is 5.61. The van der Waals surface area contributed by atoms with Crippen LogP contribution >= 0.6 is 0 Å². The van der Waals surface area contributed by atoms with E-state index >= 15 is 0 Å². The van der Waals surface area contributed by atoms with Crippen molar-refractivity contribution in [3.05, 3.63) is 89.6 Å². The topological polar surface area (TPSA) is 95.9 Å². The van der Waals surface area contributed by atoms with Crippen LogP contribution in [0.25, 0.3) is 0 Å². The van der Waals surface area contributed by atoms with Crippen LogP contribution in [0, 0.1) is 17.8 Å². The van der Waals surface area contributed by atoms with Crippen LogP contribution in [0.2, 0.25) is 0 Å². The lowest BCUT2D eigenvalue weighted by atomic mass is 9.93. The molecule has 1 amide bonds. The summed E-state index contributed by atoms with van der Waals surface area (Å²) < 4.78 is 5.69. The van der Waals surface area contributed by atoms with Crippen LogP contribution in [0.15, 0.2) is 73.0 Å². The Morgan fingerprint density at radius 2 is 1.97 bits per heavy atom. The minimum Gasteiger partial charge on any atom is -0.507 e. The number of carbonyl (C=O) groups excluding carboxylic acids is 2. The highest BCUT2D eigenvalue weighted by Gasteiger charge is 2.25. The third kappa shape index (κ3) is 7.36. The van der Waals surface area contributed by atoms with Gasteiger partial charge in [-0.05, 0) is 42.5 Å². The maximum absolute atomic E-state index is 12.9. The Morgan fingerprint density at radius 1 is 1.18 bits per heavy atom. The second kappa shape index (κ2) is 12.4. The Kier molecular flexibility index (Phi) is 9.07. The van der Waals surface area contributed by atoms with Gasteiger partial charge >= 0.3 is 5.97 Å². The van der Waals surface area contributed by atoms with Crippen LogP contribution in [0.3, 0.4) is 0 Å². The molecule has 34 heavy (non-hydrogen) atoms. The van der Waals surface area contributed by atoms with Gasteiger partial charge in [0.2, 0.25) is 0 Å². The fourth-order valence-electron chi connectivity index (χ4n) is 3.62. The van der Waals surface area contributed by atoms with Crippen molar-refractivity contribution < 1.29 is 24.5 Å². The number of aromatic hydroxyl groups is 1. The van der Waals surface area contributed by atoms with Gasteiger partial charge in [0.15, 0.2) is 0 Å². The number of carbonyl (C=O) groups is 2. The fraction of sp³-hybridized carbons (Fsp3) is 0.286. The van der Waals surface area contributed by atoms with E-state index in [1.807, 2.05) is 49.4 Å². The van der Waals surface area contributed by atoms with Crippen molar-refractivity contribution in [2.45, 2.75) is 44.8 Å². The summed E-state index contributed by atoms with van der Waals surface area (Å²) in [5.74, 6) is 4.03. The second-order valence-corrected chi connectivity index (χ2v) is 8.26. The first-order chi connectivity index (χ1) is 16.4. The molecule has 0 unspecified atom stereocenters. The quantitative estimate of drug-likeness (QED) is 0.368. The number of rotatable bonds is 3. The van der Waals surface area contributed by atoms with Gasteiger partial charge in [-0.2, -0.15) is 0 Å². The van der Waals surface area contributed by atoms with Gasteiger partial charge < -0.3 is 20.3 Å². The van der Waals surface area contributed by atoms with E-state index in [4.69, 9.17) is 4.74 Å². The first-order valence-electron chi connectivity index (χ1n) is 11.3. The standard InChI is InChI=1S/C28H29NO5/c1-20-9-5-6-12-22-13-7-15-24(30)27(22)28(33)34-23(19-25(20)31)14-8-18-29-26(32)17-16-21-10-3-2-4-11-21/h2-8,10-11,13,15,18,20,23,25,30-31H,9,12,14,19H2,1H3,(H,29,32)/t20-,23-,25+/m0/s1. The maximum Gasteiger partial charge on any atom is 0.342 e. The molecule has 0 fully saturated rings. The number of aliphatic hydroxyl groups excluding tert-OH is 1. The molecule has 1 aliphatic rings. The van der Waals surface area contributed by atoms with E-state index in [0.717, 1.165) is 5.56 Å². The predicted molar refractivity (Wildman–Crippen MR) is 130 cm³/mol. The van der Waals surface area contributed by atoms with Crippen molar-refractivity contribution >= 4 is 11.9 Å².